The van der Waals surface area contributed by atoms with E-state index in [9.17, 15) is 18.0 Å². The number of nitrogens with zero attached hydrogens (tertiary/aromatic N) is 4. The Morgan fingerprint density at radius 3 is 2.79 bits per heavy atom. The number of fused-ring (bicyclic) bond motifs is 1. The van der Waals surface area contributed by atoms with Gasteiger partial charge in [0, 0.05) is 35.8 Å². The van der Waals surface area contributed by atoms with Crippen LogP contribution >= 0.6 is 0 Å². The Morgan fingerprint density at radius 1 is 1.24 bits per heavy atom. The van der Waals surface area contributed by atoms with E-state index in [0.717, 1.165) is 23.5 Å². The van der Waals surface area contributed by atoms with Crippen LogP contribution in [0.4, 0.5) is 13.2 Å². The number of rotatable bonds is 4. The SMILES string of the molecule is COc1cc(C(=O)N[C@H]2CCc3nn(-c4ccnc(C(F)(F)F)c4)cc32)ccn1. The van der Waals surface area contributed by atoms with E-state index in [1.165, 1.54) is 30.1 Å². The molecule has 0 saturated carbocycles. The fourth-order valence-electron chi connectivity index (χ4n) is 3.25. The molecular weight excluding hydrogens is 387 g/mol. The van der Waals surface area contributed by atoms with Crippen LogP contribution in [0.5, 0.6) is 5.88 Å². The molecule has 0 spiro atoms. The molecule has 3 heterocycles. The van der Waals surface area contributed by atoms with E-state index >= 15 is 0 Å². The zero-order chi connectivity index (χ0) is 20.6. The van der Waals surface area contributed by atoms with Crippen molar-refractivity contribution in [2.45, 2.75) is 25.1 Å². The molecule has 10 heteroatoms. The highest BCUT2D eigenvalue weighted by molar-refractivity contribution is 5.94. The van der Waals surface area contributed by atoms with Crippen LogP contribution in [0.15, 0.2) is 42.9 Å². The van der Waals surface area contributed by atoms with Gasteiger partial charge in [-0.25, -0.2) is 9.67 Å². The third-order valence-corrected chi connectivity index (χ3v) is 4.68. The number of ether oxygens (including phenoxy) is 1. The second-order valence-corrected chi connectivity index (χ2v) is 6.52. The van der Waals surface area contributed by atoms with Crippen LogP contribution in [-0.4, -0.2) is 32.8 Å². The van der Waals surface area contributed by atoms with Gasteiger partial charge in [-0.05, 0) is 31.0 Å². The van der Waals surface area contributed by atoms with Crippen LogP contribution in [0.25, 0.3) is 5.69 Å². The predicted octanol–water partition coefficient (Wildman–Crippen LogP) is 3.11. The minimum Gasteiger partial charge on any atom is -0.481 e. The van der Waals surface area contributed by atoms with Gasteiger partial charge >= 0.3 is 6.18 Å². The van der Waals surface area contributed by atoms with E-state index < -0.39 is 11.9 Å². The average molecular weight is 403 g/mol. The van der Waals surface area contributed by atoms with Gasteiger partial charge in [0.15, 0.2) is 0 Å². The molecule has 0 unspecified atom stereocenters. The van der Waals surface area contributed by atoms with Gasteiger partial charge in [0.1, 0.15) is 5.69 Å². The van der Waals surface area contributed by atoms with Gasteiger partial charge in [0.2, 0.25) is 5.88 Å². The Morgan fingerprint density at radius 2 is 2.03 bits per heavy atom. The second kappa shape index (κ2) is 7.19. The Hall–Kier alpha value is -3.43. The first kappa shape index (κ1) is 18.9. The summed E-state index contributed by atoms with van der Waals surface area (Å²) in [4.78, 5) is 19.9. The lowest BCUT2D eigenvalue weighted by molar-refractivity contribution is -0.141. The summed E-state index contributed by atoms with van der Waals surface area (Å²) >= 11 is 0. The number of aromatic nitrogens is 4. The third kappa shape index (κ3) is 3.78. The van der Waals surface area contributed by atoms with E-state index in [-0.39, 0.29) is 17.6 Å². The zero-order valence-electron chi connectivity index (χ0n) is 15.3. The first-order valence-corrected chi connectivity index (χ1v) is 8.78. The lowest BCUT2D eigenvalue weighted by Crippen LogP contribution is -2.27. The largest absolute Gasteiger partial charge is 0.481 e. The molecule has 0 aromatic carbocycles. The Kier molecular flexibility index (Phi) is 4.69. The molecule has 1 aliphatic rings. The van der Waals surface area contributed by atoms with E-state index in [2.05, 4.69) is 20.4 Å². The molecule has 3 aromatic rings. The Balaban J connectivity index is 1.56. The highest BCUT2D eigenvalue weighted by Gasteiger charge is 2.33. The number of pyridine rings is 2. The van der Waals surface area contributed by atoms with Crippen molar-refractivity contribution < 1.29 is 22.7 Å². The average Bonchev–Trinajstić information content (AvgIpc) is 3.29. The molecule has 0 radical (unpaired) electrons. The molecular formula is C19H16F3N5O2. The number of aryl methyl sites for hydroxylation is 1. The molecule has 4 rings (SSSR count). The van der Waals surface area contributed by atoms with Crippen molar-refractivity contribution in [3.8, 4) is 11.6 Å². The van der Waals surface area contributed by atoms with Crippen molar-refractivity contribution in [1.29, 1.82) is 0 Å². The molecule has 1 amide bonds. The van der Waals surface area contributed by atoms with E-state index in [1.807, 2.05) is 0 Å². The van der Waals surface area contributed by atoms with Crippen molar-refractivity contribution in [3.63, 3.8) is 0 Å². The molecule has 0 aliphatic heterocycles. The van der Waals surface area contributed by atoms with Gasteiger partial charge in [0.05, 0.1) is 24.5 Å². The quantitative estimate of drug-likeness (QED) is 0.724. The number of hydrogen-bond acceptors (Lipinski definition) is 5. The number of carbonyl (C=O) groups excluding carboxylic acids is 1. The standard InChI is InChI=1S/C19H16F3N5O2/c1-29-17-8-11(4-6-24-17)18(28)25-14-2-3-15-13(14)10-27(26-15)12-5-7-23-16(9-12)19(20,21)22/h4-10,14H,2-3H2,1H3,(H,25,28)/t14-/m0/s1. The summed E-state index contributed by atoms with van der Waals surface area (Å²) in [6, 6.07) is 5.22. The number of hydrogen-bond donors (Lipinski definition) is 1. The highest BCUT2D eigenvalue weighted by atomic mass is 19.4. The molecule has 0 bridgehead atoms. The van der Waals surface area contributed by atoms with Crippen LogP contribution < -0.4 is 10.1 Å². The molecule has 1 aliphatic carbocycles. The fourth-order valence-corrected chi connectivity index (χ4v) is 3.25. The molecule has 3 aromatic heterocycles. The monoisotopic (exact) mass is 403 g/mol. The lowest BCUT2D eigenvalue weighted by Gasteiger charge is -2.13. The van der Waals surface area contributed by atoms with Gasteiger partial charge in [-0.3, -0.25) is 9.78 Å². The summed E-state index contributed by atoms with van der Waals surface area (Å²) in [6.07, 6.45) is 0.971. The van der Waals surface area contributed by atoms with Crippen molar-refractivity contribution in [1.82, 2.24) is 25.1 Å². The highest BCUT2D eigenvalue weighted by Crippen LogP contribution is 2.32. The summed E-state index contributed by atoms with van der Waals surface area (Å²) < 4.78 is 45.2. The van der Waals surface area contributed by atoms with E-state index in [4.69, 9.17) is 4.74 Å². The summed E-state index contributed by atoms with van der Waals surface area (Å²) in [5.41, 5.74) is 1.20. The zero-order valence-corrected chi connectivity index (χ0v) is 15.3. The number of methoxy groups -OCH3 is 1. The second-order valence-electron chi connectivity index (χ2n) is 6.52. The Bertz CT molecular complexity index is 1060. The maximum atomic E-state index is 12.9. The van der Waals surface area contributed by atoms with Gasteiger partial charge in [-0.15, -0.1) is 0 Å². The fraction of sp³-hybridized carbons (Fsp3) is 0.263. The lowest BCUT2D eigenvalue weighted by atomic mass is 10.1. The van der Waals surface area contributed by atoms with Crippen molar-refractivity contribution in [2.24, 2.45) is 0 Å². The summed E-state index contributed by atoms with van der Waals surface area (Å²) in [7, 11) is 1.46. The van der Waals surface area contributed by atoms with Crippen LogP contribution in [0.1, 0.15) is 39.8 Å². The Labute approximate surface area is 163 Å². The number of carbonyl (C=O) groups is 1. The van der Waals surface area contributed by atoms with Crippen molar-refractivity contribution in [2.75, 3.05) is 7.11 Å². The smallest absolute Gasteiger partial charge is 0.433 e. The van der Waals surface area contributed by atoms with Gasteiger partial charge in [0.25, 0.3) is 5.91 Å². The number of halogens is 3. The van der Waals surface area contributed by atoms with Crippen LogP contribution in [0, 0.1) is 0 Å². The molecule has 7 nitrogen and oxygen atoms in total. The first-order valence-electron chi connectivity index (χ1n) is 8.78. The molecule has 1 N–H and O–H groups in total. The topological polar surface area (TPSA) is 81.9 Å². The number of amides is 1. The summed E-state index contributed by atoms with van der Waals surface area (Å²) in [6.45, 7) is 0. The summed E-state index contributed by atoms with van der Waals surface area (Å²) in [5.74, 6) is 0.0373. The van der Waals surface area contributed by atoms with Crippen LogP contribution in [-0.2, 0) is 12.6 Å². The van der Waals surface area contributed by atoms with Crippen molar-refractivity contribution in [3.05, 3.63) is 65.4 Å². The third-order valence-electron chi connectivity index (χ3n) is 4.68. The minimum absolute atomic E-state index is 0.255. The molecule has 0 saturated heterocycles. The van der Waals surface area contributed by atoms with Crippen LogP contribution in [0.3, 0.4) is 0 Å². The summed E-state index contributed by atoms with van der Waals surface area (Å²) in [5, 5.41) is 7.32. The van der Waals surface area contributed by atoms with E-state index in [0.29, 0.717) is 24.3 Å². The molecule has 0 fully saturated rings. The van der Waals surface area contributed by atoms with Crippen LogP contribution in [0.2, 0.25) is 0 Å². The van der Waals surface area contributed by atoms with Gasteiger partial charge in [-0.1, -0.05) is 0 Å². The van der Waals surface area contributed by atoms with Gasteiger partial charge in [-0.2, -0.15) is 18.3 Å². The normalized spacial score (nSPS) is 15.8. The maximum absolute atomic E-state index is 12.9. The number of nitrogens with one attached hydrogen (secondary N) is 1. The maximum Gasteiger partial charge on any atom is 0.433 e. The van der Waals surface area contributed by atoms with Crippen molar-refractivity contribution >= 4 is 5.91 Å². The van der Waals surface area contributed by atoms with Gasteiger partial charge < -0.3 is 10.1 Å². The molecule has 150 valence electrons. The molecule has 29 heavy (non-hydrogen) atoms. The molecule has 1 atom stereocenters. The minimum atomic E-state index is -4.53. The first-order chi connectivity index (χ1) is 13.8. The predicted molar refractivity (Wildman–Crippen MR) is 95.7 cm³/mol. The number of alkyl halides is 3. The van der Waals surface area contributed by atoms with E-state index in [1.54, 1.807) is 12.3 Å².